The zero-order valence-electron chi connectivity index (χ0n) is 10.6. The van der Waals surface area contributed by atoms with Crippen molar-refractivity contribution >= 4 is 18.3 Å². The van der Waals surface area contributed by atoms with E-state index >= 15 is 0 Å². The maximum Gasteiger partial charge on any atom is 0.253 e. The van der Waals surface area contributed by atoms with Gasteiger partial charge >= 0.3 is 0 Å². The summed E-state index contributed by atoms with van der Waals surface area (Å²) in [6, 6.07) is 0.353. The van der Waals surface area contributed by atoms with Gasteiger partial charge in [0.1, 0.15) is 6.10 Å². The summed E-state index contributed by atoms with van der Waals surface area (Å²) in [5.41, 5.74) is 0. The van der Waals surface area contributed by atoms with Crippen molar-refractivity contribution in [2.24, 2.45) is 5.92 Å². The van der Waals surface area contributed by atoms with E-state index < -0.39 is 0 Å². The molecule has 2 rings (SSSR count). The molecule has 0 bridgehead atoms. The van der Waals surface area contributed by atoms with E-state index in [0.717, 1.165) is 19.5 Å². The number of ether oxygens (including phenoxy) is 1. The Morgan fingerprint density at radius 2 is 2.18 bits per heavy atom. The number of morpholine rings is 1. The fourth-order valence-electron chi connectivity index (χ4n) is 2.56. The summed E-state index contributed by atoms with van der Waals surface area (Å²) in [5, 5.41) is 3.21. The van der Waals surface area contributed by atoms with Gasteiger partial charge in [-0.15, -0.1) is 12.4 Å². The number of nitrogens with zero attached hydrogens (tertiary/aromatic N) is 1. The highest BCUT2D eigenvalue weighted by atomic mass is 35.5. The summed E-state index contributed by atoms with van der Waals surface area (Å²) in [6.45, 7) is 7.44. The molecule has 100 valence electrons. The van der Waals surface area contributed by atoms with Crippen LogP contribution < -0.4 is 5.32 Å². The number of piperidine rings is 1. The van der Waals surface area contributed by atoms with Crippen LogP contribution in [0, 0.1) is 5.92 Å². The normalized spacial score (nSPS) is 34.0. The SMILES string of the molecule is CC1CCCN(C(=O)C2CNCCO2)C1C.Cl. The van der Waals surface area contributed by atoms with E-state index in [1.807, 2.05) is 4.90 Å². The van der Waals surface area contributed by atoms with Gasteiger partial charge in [0.15, 0.2) is 0 Å². The molecule has 0 aliphatic carbocycles. The molecule has 2 aliphatic rings. The van der Waals surface area contributed by atoms with E-state index in [4.69, 9.17) is 4.74 Å². The van der Waals surface area contributed by atoms with Gasteiger partial charge in [0, 0.05) is 25.7 Å². The van der Waals surface area contributed by atoms with Crippen molar-refractivity contribution in [3.8, 4) is 0 Å². The summed E-state index contributed by atoms with van der Waals surface area (Å²) in [4.78, 5) is 14.3. The molecular formula is C12H23ClN2O2. The van der Waals surface area contributed by atoms with Crippen molar-refractivity contribution in [1.29, 1.82) is 0 Å². The molecule has 17 heavy (non-hydrogen) atoms. The number of carbonyl (C=O) groups is 1. The van der Waals surface area contributed by atoms with E-state index in [9.17, 15) is 4.79 Å². The van der Waals surface area contributed by atoms with E-state index in [-0.39, 0.29) is 24.4 Å². The molecule has 0 saturated carbocycles. The summed E-state index contributed by atoms with van der Waals surface area (Å²) >= 11 is 0. The van der Waals surface area contributed by atoms with Crippen molar-refractivity contribution < 1.29 is 9.53 Å². The molecule has 0 aromatic heterocycles. The lowest BCUT2D eigenvalue weighted by Gasteiger charge is -2.40. The van der Waals surface area contributed by atoms with Crippen LogP contribution in [-0.4, -0.2) is 49.2 Å². The smallest absolute Gasteiger partial charge is 0.253 e. The molecule has 2 saturated heterocycles. The van der Waals surface area contributed by atoms with Crippen LogP contribution >= 0.6 is 12.4 Å². The first kappa shape index (κ1) is 14.7. The molecule has 2 fully saturated rings. The van der Waals surface area contributed by atoms with Crippen LogP contribution in [-0.2, 0) is 9.53 Å². The van der Waals surface area contributed by atoms with E-state index in [1.165, 1.54) is 6.42 Å². The van der Waals surface area contributed by atoms with Gasteiger partial charge in [-0.3, -0.25) is 4.79 Å². The van der Waals surface area contributed by atoms with Crippen molar-refractivity contribution in [3.05, 3.63) is 0 Å². The minimum atomic E-state index is -0.263. The number of halogens is 1. The number of carbonyl (C=O) groups excluding carboxylic acids is 1. The molecule has 1 N–H and O–H groups in total. The van der Waals surface area contributed by atoms with Gasteiger partial charge in [-0.2, -0.15) is 0 Å². The Balaban J connectivity index is 0.00000144. The third-order valence-electron chi connectivity index (χ3n) is 3.86. The predicted octanol–water partition coefficient (Wildman–Crippen LogP) is 1.04. The molecule has 3 unspecified atom stereocenters. The lowest BCUT2D eigenvalue weighted by molar-refractivity contribution is -0.149. The Bertz CT molecular complexity index is 257. The Hall–Kier alpha value is -0.320. The highest BCUT2D eigenvalue weighted by Gasteiger charge is 2.33. The first-order chi connectivity index (χ1) is 7.70. The zero-order chi connectivity index (χ0) is 11.5. The maximum absolute atomic E-state index is 12.3. The number of amides is 1. The van der Waals surface area contributed by atoms with Crippen LogP contribution in [0.4, 0.5) is 0 Å². The molecule has 1 amide bonds. The summed E-state index contributed by atoms with van der Waals surface area (Å²) in [6.07, 6.45) is 2.09. The van der Waals surface area contributed by atoms with Gasteiger partial charge in [0.05, 0.1) is 6.61 Å². The standard InChI is InChI=1S/C12H22N2O2.ClH/c1-9-4-3-6-14(10(9)2)12(15)11-8-13-5-7-16-11;/h9-11,13H,3-8H2,1-2H3;1H. The van der Waals surface area contributed by atoms with Gasteiger partial charge in [0.25, 0.3) is 5.91 Å². The zero-order valence-corrected chi connectivity index (χ0v) is 11.5. The summed E-state index contributed by atoms with van der Waals surface area (Å²) in [5.74, 6) is 0.778. The number of likely N-dealkylation sites (tertiary alicyclic amines) is 1. The van der Waals surface area contributed by atoms with Crippen molar-refractivity contribution in [1.82, 2.24) is 10.2 Å². The quantitative estimate of drug-likeness (QED) is 0.768. The average molecular weight is 263 g/mol. The Kier molecular flexibility index (Phi) is 5.70. The van der Waals surface area contributed by atoms with E-state index in [0.29, 0.717) is 25.1 Å². The van der Waals surface area contributed by atoms with Crippen molar-refractivity contribution in [3.63, 3.8) is 0 Å². The second-order valence-corrected chi connectivity index (χ2v) is 4.96. The summed E-state index contributed by atoms with van der Waals surface area (Å²) in [7, 11) is 0. The van der Waals surface area contributed by atoms with Crippen LogP contribution in [0.25, 0.3) is 0 Å². The number of hydrogen-bond acceptors (Lipinski definition) is 3. The van der Waals surface area contributed by atoms with Crippen LogP contribution in [0.1, 0.15) is 26.7 Å². The molecule has 3 atom stereocenters. The molecule has 0 aromatic carbocycles. The highest BCUT2D eigenvalue weighted by molar-refractivity contribution is 5.85. The number of hydrogen-bond donors (Lipinski definition) is 1. The Morgan fingerprint density at radius 1 is 1.41 bits per heavy atom. The highest BCUT2D eigenvalue weighted by Crippen LogP contribution is 2.23. The fraction of sp³-hybridized carbons (Fsp3) is 0.917. The van der Waals surface area contributed by atoms with Gasteiger partial charge in [-0.1, -0.05) is 6.92 Å². The fourth-order valence-corrected chi connectivity index (χ4v) is 2.56. The minimum Gasteiger partial charge on any atom is -0.366 e. The molecule has 4 nitrogen and oxygen atoms in total. The molecule has 2 aliphatic heterocycles. The van der Waals surface area contributed by atoms with Crippen LogP contribution in [0.15, 0.2) is 0 Å². The first-order valence-electron chi connectivity index (χ1n) is 6.33. The maximum atomic E-state index is 12.3. The third kappa shape index (κ3) is 3.33. The topological polar surface area (TPSA) is 41.6 Å². The molecule has 2 heterocycles. The second kappa shape index (κ2) is 6.57. The largest absolute Gasteiger partial charge is 0.366 e. The Labute approximate surface area is 109 Å². The van der Waals surface area contributed by atoms with Gasteiger partial charge < -0.3 is 15.0 Å². The van der Waals surface area contributed by atoms with Crippen molar-refractivity contribution in [2.45, 2.75) is 38.8 Å². The lowest BCUT2D eigenvalue weighted by atomic mass is 9.91. The van der Waals surface area contributed by atoms with Crippen LogP contribution in [0.3, 0.4) is 0 Å². The molecule has 5 heteroatoms. The monoisotopic (exact) mass is 262 g/mol. The van der Waals surface area contributed by atoms with E-state index in [2.05, 4.69) is 19.2 Å². The third-order valence-corrected chi connectivity index (χ3v) is 3.86. The number of rotatable bonds is 1. The first-order valence-corrected chi connectivity index (χ1v) is 6.33. The van der Waals surface area contributed by atoms with Gasteiger partial charge in [-0.25, -0.2) is 0 Å². The van der Waals surface area contributed by atoms with Gasteiger partial charge in [-0.05, 0) is 25.7 Å². The molecule has 0 radical (unpaired) electrons. The van der Waals surface area contributed by atoms with Crippen molar-refractivity contribution in [2.75, 3.05) is 26.2 Å². The summed E-state index contributed by atoms with van der Waals surface area (Å²) < 4.78 is 5.52. The predicted molar refractivity (Wildman–Crippen MR) is 69.4 cm³/mol. The van der Waals surface area contributed by atoms with Gasteiger partial charge in [0.2, 0.25) is 0 Å². The minimum absolute atomic E-state index is 0. The lowest BCUT2D eigenvalue weighted by Crippen LogP contribution is -2.54. The molecule has 0 aromatic rings. The van der Waals surface area contributed by atoms with E-state index in [1.54, 1.807) is 0 Å². The molecular weight excluding hydrogens is 240 g/mol. The van der Waals surface area contributed by atoms with Crippen LogP contribution in [0.2, 0.25) is 0 Å². The molecule has 0 spiro atoms. The van der Waals surface area contributed by atoms with Crippen LogP contribution in [0.5, 0.6) is 0 Å². The number of nitrogens with one attached hydrogen (secondary N) is 1. The second-order valence-electron chi connectivity index (χ2n) is 4.96. The Morgan fingerprint density at radius 3 is 2.82 bits per heavy atom. The average Bonchev–Trinajstić information content (AvgIpc) is 2.33.